The number of amides is 1. The number of hydrogen-bond donors (Lipinski definition) is 0. The zero-order chi connectivity index (χ0) is 26.5. The largest absolute Gasteiger partial charge is 0.493 e. The molecule has 0 bridgehead atoms. The number of nitrogens with zero attached hydrogens (tertiary/aromatic N) is 3. The molecule has 1 aliphatic rings. The molecule has 1 amide bonds. The maximum atomic E-state index is 14.7. The molecule has 1 saturated heterocycles. The standard InChI is InChI=1S/C30H30FN3O4/c1-21-25(20-33(19-23-13-10-18-37-23)29(35)24-14-6-7-15-26(24)31)30(34(32-21)22-11-4-3-5-12-22)38-28-17-9-8-16-27(28)36-2/h3-9,11-12,14-17,23H,10,13,18-20H2,1-2H3/t23-/m0/s1. The van der Waals surface area contributed by atoms with Crippen molar-refractivity contribution >= 4 is 5.91 Å². The van der Waals surface area contributed by atoms with Crippen LogP contribution in [-0.4, -0.2) is 47.0 Å². The van der Waals surface area contributed by atoms with E-state index >= 15 is 0 Å². The van der Waals surface area contributed by atoms with Crippen molar-refractivity contribution < 1.29 is 23.4 Å². The van der Waals surface area contributed by atoms with E-state index in [9.17, 15) is 9.18 Å². The number of carbonyl (C=O) groups excluding carboxylic acids is 1. The summed E-state index contributed by atoms with van der Waals surface area (Å²) in [7, 11) is 1.58. The number of benzene rings is 3. The number of carbonyl (C=O) groups is 1. The van der Waals surface area contributed by atoms with Gasteiger partial charge in [0.05, 0.1) is 42.3 Å². The van der Waals surface area contributed by atoms with E-state index in [-0.39, 0.29) is 18.2 Å². The van der Waals surface area contributed by atoms with Gasteiger partial charge in [0.2, 0.25) is 5.88 Å². The highest BCUT2D eigenvalue weighted by Crippen LogP contribution is 2.36. The zero-order valence-corrected chi connectivity index (χ0v) is 21.5. The molecule has 196 valence electrons. The van der Waals surface area contributed by atoms with Gasteiger partial charge in [0.1, 0.15) is 5.82 Å². The minimum Gasteiger partial charge on any atom is -0.493 e. The van der Waals surface area contributed by atoms with Gasteiger partial charge in [0.15, 0.2) is 11.5 Å². The summed E-state index contributed by atoms with van der Waals surface area (Å²) in [5, 5.41) is 4.77. The van der Waals surface area contributed by atoms with Crippen molar-refractivity contribution in [3.8, 4) is 23.1 Å². The van der Waals surface area contributed by atoms with E-state index in [2.05, 4.69) is 0 Å². The fourth-order valence-electron chi connectivity index (χ4n) is 4.63. The van der Waals surface area contributed by atoms with Crippen molar-refractivity contribution in [2.24, 2.45) is 0 Å². The van der Waals surface area contributed by atoms with Gasteiger partial charge in [-0.25, -0.2) is 9.07 Å². The van der Waals surface area contributed by atoms with Crippen LogP contribution < -0.4 is 9.47 Å². The summed E-state index contributed by atoms with van der Waals surface area (Å²) in [6.07, 6.45) is 1.65. The van der Waals surface area contributed by atoms with Crippen LogP contribution in [0.3, 0.4) is 0 Å². The molecule has 5 rings (SSSR count). The van der Waals surface area contributed by atoms with Gasteiger partial charge in [-0.15, -0.1) is 0 Å². The number of hydrogen-bond acceptors (Lipinski definition) is 5. The summed E-state index contributed by atoms with van der Waals surface area (Å²) in [5.74, 6) is 0.567. The van der Waals surface area contributed by atoms with E-state index in [1.54, 1.807) is 28.8 Å². The van der Waals surface area contributed by atoms with Crippen molar-refractivity contribution in [2.75, 3.05) is 20.3 Å². The normalized spacial score (nSPS) is 14.9. The number of halogens is 1. The van der Waals surface area contributed by atoms with Crippen LogP contribution in [0.25, 0.3) is 5.69 Å². The van der Waals surface area contributed by atoms with Gasteiger partial charge in [-0.1, -0.05) is 42.5 Å². The van der Waals surface area contributed by atoms with Crippen LogP contribution >= 0.6 is 0 Å². The van der Waals surface area contributed by atoms with Gasteiger partial charge in [-0.05, 0) is 56.2 Å². The molecule has 8 heteroatoms. The first-order valence-electron chi connectivity index (χ1n) is 12.7. The summed E-state index contributed by atoms with van der Waals surface area (Å²) in [6, 6.07) is 23.0. The predicted molar refractivity (Wildman–Crippen MR) is 141 cm³/mol. The molecular weight excluding hydrogens is 485 g/mol. The first kappa shape index (κ1) is 25.5. The smallest absolute Gasteiger partial charge is 0.257 e. The molecule has 7 nitrogen and oxygen atoms in total. The molecular formula is C30H30FN3O4. The Kier molecular flexibility index (Phi) is 7.70. The monoisotopic (exact) mass is 515 g/mol. The van der Waals surface area contributed by atoms with Crippen LogP contribution in [0.4, 0.5) is 4.39 Å². The van der Waals surface area contributed by atoms with Gasteiger partial charge in [0.25, 0.3) is 5.91 Å². The van der Waals surface area contributed by atoms with Gasteiger partial charge in [-0.2, -0.15) is 5.10 Å². The third-order valence-corrected chi connectivity index (χ3v) is 6.60. The van der Waals surface area contributed by atoms with E-state index in [4.69, 9.17) is 19.3 Å². The molecule has 0 saturated carbocycles. The van der Waals surface area contributed by atoms with Crippen LogP contribution in [0, 0.1) is 12.7 Å². The summed E-state index contributed by atoms with van der Waals surface area (Å²) in [6.45, 7) is 3.02. The lowest BCUT2D eigenvalue weighted by molar-refractivity contribution is 0.0502. The Balaban J connectivity index is 1.57. The molecule has 1 aliphatic heterocycles. The second kappa shape index (κ2) is 11.5. The predicted octanol–water partition coefficient (Wildman–Crippen LogP) is 5.94. The number of aromatic nitrogens is 2. The van der Waals surface area contributed by atoms with E-state index in [0.29, 0.717) is 41.8 Å². The minimum atomic E-state index is -0.558. The van der Waals surface area contributed by atoms with Crippen molar-refractivity contribution in [2.45, 2.75) is 32.4 Å². The van der Waals surface area contributed by atoms with E-state index in [1.165, 1.54) is 12.1 Å². The van der Waals surface area contributed by atoms with Crippen LogP contribution in [0.5, 0.6) is 17.4 Å². The molecule has 0 aliphatic carbocycles. The molecule has 1 aromatic heterocycles. The third-order valence-electron chi connectivity index (χ3n) is 6.60. The van der Waals surface area contributed by atoms with Crippen molar-refractivity contribution in [1.82, 2.24) is 14.7 Å². The van der Waals surface area contributed by atoms with Crippen LogP contribution in [0.1, 0.15) is 34.5 Å². The zero-order valence-electron chi connectivity index (χ0n) is 21.5. The van der Waals surface area contributed by atoms with E-state index in [0.717, 1.165) is 18.5 Å². The number of para-hydroxylation sites is 3. The topological polar surface area (TPSA) is 65.8 Å². The Hall–Kier alpha value is -4.17. The van der Waals surface area contributed by atoms with E-state index in [1.807, 2.05) is 61.5 Å². The Labute approximate surface area is 221 Å². The highest BCUT2D eigenvalue weighted by Gasteiger charge is 2.29. The van der Waals surface area contributed by atoms with Gasteiger partial charge < -0.3 is 19.1 Å². The lowest BCUT2D eigenvalue weighted by Gasteiger charge is -2.26. The molecule has 38 heavy (non-hydrogen) atoms. The first-order chi connectivity index (χ1) is 18.5. The molecule has 2 heterocycles. The fourth-order valence-corrected chi connectivity index (χ4v) is 4.63. The fraction of sp³-hybridized carbons (Fsp3) is 0.267. The molecule has 1 atom stereocenters. The van der Waals surface area contributed by atoms with Crippen molar-refractivity contribution in [3.05, 3.63) is 102 Å². The average Bonchev–Trinajstić information content (AvgIpc) is 3.57. The lowest BCUT2D eigenvalue weighted by Crippen LogP contribution is -2.37. The molecule has 4 aromatic rings. The SMILES string of the molecule is COc1ccccc1Oc1c(CN(C[C@@H]2CCCO2)C(=O)c2ccccc2F)c(C)nn1-c1ccccc1. The molecule has 0 N–H and O–H groups in total. The first-order valence-corrected chi connectivity index (χ1v) is 12.7. The lowest BCUT2D eigenvalue weighted by atomic mass is 10.1. The second-order valence-corrected chi connectivity index (χ2v) is 9.17. The molecule has 0 spiro atoms. The maximum absolute atomic E-state index is 14.7. The van der Waals surface area contributed by atoms with Gasteiger partial charge >= 0.3 is 0 Å². The summed E-state index contributed by atoms with van der Waals surface area (Å²) >= 11 is 0. The highest BCUT2D eigenvalue weighted by molar-refractivity contribution is 5.94. The summed E-state index contributed by atoms with van der Waals surface area (Å²) in [4.78, 5) is 15.3. The van der Waals surface area contributed by atoms with Crippen LogP contribution in [0.15, 0.2) is 78.9 Å². The quantitative estimate of drug-likeness (QED) is 0.276. The summed E-state index contributed by atoms with van der Waals surface area (Å²) in [5.41, 5.74) is 2.23. The molecule has 0 unspecified atom stereocenters. The molecule has 0 radical (unpaired) electrons. The molecule has 1 fully saturated rings. The maximum Gasteiger partial charge on any atom is 0.257 e. The summed E-state index contributed by atoms with van der Waals surface area (Å²) < 4.78 is 34.2. The van der Waals surface area contributed by atoms with Gasteiger partial charge in [0, 0.05) is 13.2 Å². The Morgan fingerprint density at radius 3 is 2.47 bits per heavy atom. The average molecular weight is 516 g/mol. The van der Waals surface area contributed by atoms with Gasteiger partial charge in [-0.3, -0.25) is 4.79 Å². The second-order valence-electron chi connectivity index (χ2n) is 9.17. The van der Waals surface area contributed by atoms with Crippen LogP contribution in [-0.2, 0) is 11.3 Å². The van der Waals surface area contributed by atoms with Crippen molar-refractivity contribution in [3.63, 3.8) is 0 Å². The number of aryl methyl sites for hydroxylation is 1. The Morgan fingerprint density at radius 1 is 1.05 bits per heavy atom. The Bertz CT molecular complexity index is 1400. The number of rotatable bonds is 9. The van der Waals surface area contributed by atoms with Crippen LogP contribution in [0.2, 0.25) is 0 Å². The highest BCUT2D eigenvalue weighted by atomic mass is 19.1. The van der Waals surface area contributed by atoms with Crippen molar-refractivity contribution in [1.29, 1.82) is 0 Å². The van der Waals surface area contributed by atoms with E-state index < -0.39 is 11.7 Å². The number of methoxy groups -OCH3 is 1. The molecule has 3 aromatic carbocycles. The number of ether oxygens (including phenoxy) is 3. The Morgan fingerprint density at radius 2 is 1.76 bits per heavy atom. The minimum absolute atomic E-state index is 0.0193. The third kappa shape index (κ3) is 5.40.